The van der Waals surface area contributed by atoms with E-state index in [0.29, 0.717) is 23.6 Å². The maximum Gasteiger partial charge on any atom is 0.276 e. The number of aryl methyl sites for hydroxylation is 1. The largest absolute Gasteiger partial charge is 0.484 e. The van der Waals surface area contributed by atoms with Gasteiger partial charge in [0.05, 0.1) is 0 Å². The van der Waals surface area contributed by atoms with E-state index < -0.39 is 0 Å². The lowest BCUT2D eigenvalue weighted by molar-refractivity contribution is 0.224. The lowest BCUT2D eigenvalue weighted by atomic mass is 10.0. The summed E-state index contributed by atoms with van der Waals surface area (Å²) >= 11 is 1.65. The molecule has 1 aliphatic heterocycles. The summed E-state index contributed by atoms with van der Waals surface area (Å²) in [7, 11) is 2.18. The number of likely N-dealkylation sites (tertiary alicyclic amines) is 1. The molecule has 5 nitrogen and oxygen atoms in total. The average molecular weight is 333 g/mol. The van der Waals surface area contributed by atoms with Gasteiger partial charge in [-0.2, -0.15) is 0 Å². The molecule has 124 valence electrons. The number of benzene rings is 1. The van der Waals surface area contributed by atoms with Gasteiger partial charge in [-0.25, -0.2) is 0 Å². The van der Waals surface area contributed by atoms with E-state index in [4.69, 9.17) is 9.15 Å². The number of nitrogens with zero attached hydrogens (tertiary/aromatic N) is 3. The first-order chi connectivity index (χ1) is 11.2. The first kappa shape index (κ1) is 16.3. The predicted molar refractivity (Wildman–Crippen MR) is 90.8 cm³/mol. The first-order valence-corrected chi connectivity index (χ1v) is 9.01. The van der Waals surface area contributed by atoms with Crippen LogP contribution in [0.1, 0.15) is 24.3 Å². The fraction of sp³-hybridized carbons (Fsp3) is 0.529. The van der Waals surface area contributed by atoms with E-state index in [1.54, 1.807) is 11.8 Å². The minimum atomic E-state index is 0.309. The number of rotatable bonds is 6. The predicted octanol–water partition coefficient (Wildman–Crippen LogP) is 3.39. The van der Waals surface area contributed by atoms with Crippen molar-refractivity contribution in [2.45, 2.75) is 31.6 Å². The molecule has 6 heteroatoms. The lowest BCUT2D eigenvalue weighted by Crippen LogP contribution is -2.33. The van der Waals surface area contributed by atoms with Crippen molar-refractivity contribution >= 4 is 11.8 Å². The highest BCUT2D eigenvalue weighted by molar-refractivity contribution is 7.99. The number of aromatic nitrogens is 2. The summed E-state index contributed by atoms with van der Waals surface area (Å²) in [4.78, 5) is 2.39. The molecule has 1 aromatic carbocycles. The molecule has 0 spiro atoms. The summed E-state index contributed by atoms with van der Waals surface area (Å²) in [6.45, 7) is 4.72. The minimum Gasteiger partial charge on any atom is -0.484 e. The van der Waals surface area contributed by atoms with E-state index in [1.807, 2.05) is 31.2 Å². The van der Waals surface area contributed by atoms with Crippen molar-refractivity contribution in [1.82, 2.24) is 15.1 Å². The van der Waals surface area contributed by atoms with Crippen molar-refractivity contribution in [2.75, 3.05) is 25.9 Å². The number of piperidine rings is 1. The standard InChI is InChI=1S/C17H23N3O2S/c1-13-5-3-7-15(9-13)21-11-16-18-19-17(22-16)23-12-14-6-4-8-20(2)10-14/h3,5,7,9,14H,4,6,8,10-12H2,1-2H3. The Labute approximate surface area is 141 Å². The SMILES string of the molecule is Cc1cccc(OCc2nnc(SCC3CCCN(C)C3)o2)c1. The van der Waals surface area contributed by atoms with Gasteiger partial charge in [-0.1, -0.05) is 23.9 Å². The molecule has 1 aliphatic rings. The van der Waals surface area contributed by atoms with Crippen LogP contribution >= 0.6 is 11.8 Å². The quantitative estimate of drug-likeness (QED) is 0.755. The molecule has 3 rings (SSSR count). The third-order valence-corrected chi connectivity index (χ3v) is 5.01. The summed E-state index contributed by atoms with van der Waals surface area (Å²) in [5.41, 5.74) is 1.17. The third kappa shape index (κ3) is 4.97. The maximum atomic E-state index is 5.68. The molecule has 1 saturated heterocycles. The minimum absolute atomic E-state index is 0.309. The zero-order valence-electron chi connectivity index (χ0n) is 13.7. The van der Waals surface area contributed by atoms with E-state index in [2.05, 4.69) is 22.1 Å². The van der Waals surface area contributed by atoms with Gasteiger partial charge in [-0.05, 0) is 57.0 Å². The maximum absolute atomic E-state index is 5.68. The Kier molecular flexibility index (Phi) is 5.56. The Bertz CT molecular complexity index is 632. The van der Waals surface area contributed by atoms with Crippen LogP contribution in [0.25, 0.3) is 0 Å². The molecule has 1 unspecified atom stereocenters. The second-order valence-corrected chi connectivity index (χ2v) is 7.12. The van der Waals surface area contributed by atoms with Crippen molar-refractivity contribution in [3.8, 4) is 5.75 Å². The number of ether oxygens (including phenoxy) is 1. The van der Waals surface area contributed by atoms with Gasteiger partial charge < -0.3 is 14.1 Å². The van der Waals surface area contributed by atoms with Gasteiger partial charge in [0, 0.05) is 12.3 Å². The van der Waals surface area contributed by atoms with Crippen LogP contribution in [0.5, 0.6) is 5.75 Å². The average Bonchev–Trinajstić information content (AvgIpc) is 2.99. The molecule has 0 aliphatic carbocycles. The highest BCUT2D eigenvalue weighted by Gasteiger charge is 2.18. The molecule has 1 fully saturated rings. The van der Waals surface area contributed by atoms with Gasteiger partial charge in [0.15, 0.2) is 6.61 Å². The molecule has 0 bridgehead atoms. The van der Waals surface area contributed by atoms with Gasteiger partial charge >= 0.3 is 0 Å². The van der Waals surface area contributed by atoms with Crippen LogP contribution in [-0.2, 0) is 6.61 Å². The van der Waals surface area contributed by atoms with Crippen LogP contribution in [0, 0.1) is 12.8 Å². The van der Waals surface area contributed by atoms with Crippen LogP contribution in [-0.4, -0.2) is 41.0 Å². The van der Waals surface area contributed by atoms with E-state index in [1.165, 1.54) is 24.9 Å². The van der Waals surface area contributed by atoms with Gasteiger partial charge in [-0.15, -0.1) is 10.2 Å². The van der Waals surface area contributed by atoms with Crippen molar-refractivity contribution in [3.63, 3.8) is 0 Å². The fourth-order valence-electron chi connectivity index (χ4n) is 2.80. The second kappa shape index (κ2) is 7.84. The van der Waals surface area contributed by atoms with E-state index in [0.717, 1.165) is 18.0 Å². The topological polar surface area (TPSA) is 51.4 Å². The molecule has 1 atom stereocenters. The van der Waals surface area contributed by atoms with Crippen molar-refractivity contribution in [3.05, 3.63) is 35.7 Å². The number of hydrogen-bond acceptors (Lipinski definition) is 6. The Hall–Kier alpha value is -1.53. The Balaban J connectivity index is 1.46. The van der Waals surface area contributed by atoms with Gasteiger partial charge in [0.2, 0.25) is 0 Å². The van der Waals surface area contributed by atoms with Crippen molar-refractivity contribution in [2.24, 2.45) is 5.92 Å². The molecule has 0 radical (unpaired) electrons. The van der Waals surface area contributed by atoms with E-state index >= 15 is 0 Å². The van der Waals surface area contributed by atoms with E-state index in [9.17, 15) is 0 Å². The van der Waals surface area contributed by atoms with Gasteiger partial charge in [0.1, 0.15) is 5.75 Å². The highest BCUT2D eigenvalue weighted by atomic mass is 32.2. The zero-order valence-corrected chi connectivity index (χ0v) is 14.5. The molecule has 23 heavy (non-hydrogen) atoms. The van der Waals surface area contributed by atoms with Gasteiger partial charge in [-0.3, -0.25) is 0 Å². The summed E-state index contributed by atoms with van der Waals surface area (Å²) in [5.74, 6) is 3.08. The first-order valence-electron chi connectivity index (χ1n) is 8.02. The van der Waals surface area contributed by atoms with Crippen LogP contribution in [0.2, 0.25) is 0 Å². The molecular weight excluding hydrogens is 310 g/mol. The summed E-state index contributed by atoms with van der Waals surface area (Å²) < 4.78 is 11.3. The van der Waals surface area contributed by atoms with Crippen LogP contribution in [0.4, 0.5) is 0 Å². The third-order valence-electron chi connectivity index (χ3n) is 3.96. The Morgan fingerprint density at radius 1 is 1.39 bits per heavy atom. The lowest BCUT2D eigenvalue weighted by Gasteiger charge is -2.28. The van der Waals surface area contributed by atoms with Gasteiger partial charge in [0.25, 0.3) is 11.1 Å². The summed E-state index contributed by atoms with van der Waals surface area (Å²) in [6, 6.07) is 7.93. The van der Waals surface area contributed by atoms with Crippen molar-refractivity contribution < 1.29 is 9.15 Å². The Morgan fingerprint density at radius 3 is 3.13 bits per heavy atom. The van der Waals surface area contributed by atoms with Crippen molar-refractivity contribution in [1.29, 1.82) is 0 Å². The monoisotopic (exact) mass is 333 g/mol. The molecule has 2 aromatic rings. The second-order valence-electron chi connectivity index (χ2n) is 6.15. The summed E-state index contributed by atoms with van der Waals surface area (Å²) in [5, 5.41) is 8.80. The van der Waals surface area contributed by atoms with E-state index in [-0.39, 0.29) is 0 Å². The van der Waals surface area contributed by atoms with Crippen LogP contribution < -0.4 is 4.74 Å². The number of hydrogen-bond donors (Lipinski definition) is 0. The highest BCUT2D eigenvalue weighted by Crippen LogP contribution is 2.25. The molecule has 0 amide bonds. The molecule has 2 heterocycles. The molecule has 0 N–H and O–H groups in total. The molecule has 1 aromatic heterocycles. The summed E-state index contributed by atoms with van der Waals surface area (Å²) in [6.07, 6.45) is 2.57. The normalized spacial score (nSPS) is 19.0. The Morgan fingerprint density at radius 2 is 2.30 bits per heavy atom. The molecule has 0 saturated carbocycles. The zero-order chi connectivity index (χ0) is 16.1. The number of thioether (sulfide) groups is 1. The van der Waals surface area contributed by atoms with Crippen LogP contribution in [0.15, 0.2) is 33.9 Å². The molecular formula is C17H23N3O2S. The smallest absolute Gasteiger partial charge is 0.276 e. The van der Waals surface area contributed by atoms with Crippen LogP contribution in [0.3, 0.4) is 0 Å². The fourth-order valence-corrected chi connectivity index (χ4v) is 3.71.